The number of amides is 1. The molecule has 1 aliphatic rings. The molecule has 34 heavy (non-hydrogen) atoms. The lowest BCUT2D eigenvalue weighted by atomic mass is 9.97. The van der Waals surface area contributed by atoms with Gasteiger partial charge in [0.2, 0.25) is 17.6 Å². The van der Waals surface area contributed by atoms with Crippen molar-refractivity contribution < 1.29 is 13.7 Å². The fraction of sp³-hybridized carbons (Fsp3) is 0.400. The van der Waals surface area contributed by atoms with Crippen LogP contribution in [0, 0.1) is 11.7 Å². The van der Waals surface area contributed by atoms with Gasteiger partial charge in [-0.2, -0.15) is 16.7 Å². The maximum absolute atomic E-state index is 13.7. The first-order valence-corrected chi connectivity index (χ1v) is 13.4. The zero-order valence-electron chi connectivity index (χ0n) is 18.9. The normalized spacial score (nSPS) is 16.5. The van der Waals surface area contributed by atoms with Crippen LogP contribution in [-0.2, 0) is 17.1 Å². The summed E-state index contributed by atoms with van der Waals surface area (Å²) in [5.41, 5.74) is 1.62. The molecule has 0 saturated carbocycles. The second-order valence-electron chi connectivity index (χ2n) is 8.38. The molecule has 2 heterocycles. The van der Waals surface area contributed by atoms with Gasteiger partial charge in [0.1, 0.15) is 5.82 Å². The molecular weight excluding hydrogens is 519 g/mol. The summed E-state index contributed by atoms with van der Waals surface area (Å²) >= 11 is 5.15. The summed E-state index contributed by atoms with van der Waals surface area (Å²) in [5.74, 6) is 2.56. The Labute approximate surface area is 211 Å². The number of nitrogens with zero attached hydrogens (tertiary/aromatic N) is 3. The Hall–Kier alpha value is -2.23. The van der Waals surface area contributed by atoms with Gasteiger partial charge in [-0.1, -0.05) is 51.4 Å². The molecule has 6 nitrogen and oxygen atoms in total. The van der Waals surface area contributed by atoms with E-state index in [0.717, 1.165) is 47.2 Å². The van der Waals surface area contributed by atoms with Gasteiger partial charge in [0, 0.05) is 28.9 Å². The standard InChI is InChI=1S/C25H28BrFN4O2S/c26-21-9-3-7-18(14-21)24-29-23(33-30-24)16-31-12-4-8-19(15-31)25(32)28-11-5-13-34-17-20-6-1-2-10-22(20)27/h1-3,6-7,9-10,14,19H,4-5,8,11-13,15-17H2,(H,28,32). The third kappa shape index (κ3) is 7.13. The Kier molecular flexibility index (Phi) is 9.12. The van der Waals surface area contributed by atoms with E-state index >= 15 is 0 Å². The Bertz CT molecular complexity index is 1100. The predicted octanol–water partition coefficient (Wildman–Crippen LogP) is 5.29. The average molecular weight is 547 g/mol. The van der Waals surface area contributed by atoms with E-state index in [2.05, 4.69) is 36.3 Å². The van der Waals surface area contributed by atoms with E-state index in [1.165, 1.54) is 6.07 Å². The van der Waals surface area contributed by atoms with Gasteiger partial charge in [-0.3, -0.25) is 9.69 Å². The van der Waals surface area contributed by atoms with Gasteiger partial charge in [0.15, 0.2) is 0 Å². The number of benzene rings is 2. The number of aromatic nitrogens is 2. The molecule has 1 unspecified atom stereocenters. The number of halogens is 2. The van der Waals surface area contributed by atoms with Crippen molar-refractivity contribution in [2.45, 2.75) is 31.6 Å². The van der Waals surface area contributed by atoms with Gasteiger partial charge in [0.05, 0.1) is 12.5 Å². The zero-order valence-corrected chi connectivity index (χ0v) is 21.3. The number of likely N-dealkylation sites (tertiary alicyclic amines) is 1. The summed E-state index contributed by atoms with van der Waals surface area (Å²) in [7, 11) is 0. The minimum Gasteiger partial charge on any atom is -0.356 e. The average Bonchev–Trinajstić information content (AvgIpc) is 3.31. The van der Waals surface area contributed by atoms with E-state index in [-0.39, 0.29) is 17.6 Å². The molecule has 3 aromatic rings. The molecule has 1 aromatic heterocycles. The van der Waals surface area contributed by atoms with Crippen molar-refractivity contribution in [3.63, 3.8) is 0 Å². The predicted molar refractivity (Wildman–Crippen MR) is 136 cm³/mol. The first kappa shape index (κ1) is 24.9. The molecule has 1 atom stereocenters. The third-order valence-corrected chi connectivity index (χ3v) is 7.35. The summed E-state index contributed by atoms with van der Waals surface area (Å²) in [6, 6.07) is 14.6. The first-order valence-electron chi connectivity index (χ1n) is 11.5. The van der Waals surface area contributed by atoms with E-state index in [4.69, 9.17) is 4.52 Å². The number of rotatable bonds is 10. The summed E-state index contributed by atoms with van der Waals surface area (Å²) < 4.78 is 20.1. The first-order chi connectivity index (χ1) is 16.6. The molecule has 1 aliphatic heterocycles. The van der Waals surface area contributed by atoms with Crippen LogP contribution in [0.3, 0.4) is 0 Å². The molecule has 1 fully saturated rings. The van der Waals surface area contributed by atoms with Crippen molar-refractivity contribution in [1.82, 2.24) is 20.4 Å². The van der Waals surface area contributed by atoms with Crippen LogP contribution in [0.4, 0.5) is 4.39 Å². The van der Waals surface area contributed by atoms with E-state index in [1.54, 1.807) is 17.8 Å². The topological polar surface area (TPSA) is 71.3 Å². The number of piperidine rings is 1. The molecule has 9 heteroatoms. The number of nitrogens with one attached hydrogen (secondary N) is 1. The maximum atomic E-state index is 13.7. The molecule has 0 aliphatic carbocycles. The highest BCUT2D eigenvalue weighted by Crippen LogP contribution is 2.22. The quantitative estimate of drug-likeness (QED) is 0.348. The van der Waals surface area contributed by atoms with Gasteiger partial charge >= 0.3 is 0 Å². The lowest BCUT2D eigenvalue weighted by Gasteiger charge is -2.30. The van der Waals surface area contributed by atoms with Gasteiger partial charge in [-0.15, -0.1) is 0 Å². The Morgan fingerprint density at radius 2 is 2.15 bits per heavy atom. The fourth-order valence-electron chi connectivity index (χ4n) is 4.00. The van der Waals surface area contributed by atoms with E-state index in [9.17, 15) is 9.18 Å². The van der Waals surface area contributed by atoms with Crippen LogP contribution >= 0.6 is 27.7 Å². The molecule has 0 radical (unpaired) electrons. The van der Waals surface area contributed by atoms with Gasteiger partial charge in [0.25, 0.3) is 0 Å². The lowest BCUT2D eigenvalue weighted by molar-refractivity contribution is -0.126. The van der Waals surface area contributed by atoms with Gasteiger partial charge < -0.3 is 9.84 Å². The minimum atomic E-state index is -0.157. The maximum Gasteiger partial charge on any atom is 0.241 e. The van der Waals surface area contributed by atoms with Crippen LogP contribution in [0.5, 0.6) is 0 Å². The Balaban J connectivity index is 1.17. The number of thioether (sulfide) groups is 1. The monoisotopic (exact) mass is 546 g/mol. The summed E-state index contributed by atoms with van der Waals surface area (Å²) in [6.07, 6.45) is 2.71. The van der Waals surface area contributed by atoms with Gasteiger partial charge in [-0.25, -0.2) is 4.39 Å². The largest absolute Gasteiger partial charge is 0.356 e. The van der Waals surface area contributed by atoms with Crippen LogP contribution < -0.4 is 5.32 Å². The SMILES string of the molecule is O=C(NCCCSCc1ccccc1F)C1CCCN(Cc2nc(-c3cccc(Br)c3)no2)C1. The number of hydrogen-bond acceptors (Lipinski definition) is 6. The van der Waals surface area contributed by atoms with Crippen molar-refractivity contribution in [1.29, 1.82) is 0 Å². The Morgan fingerprint density at radius 3 is 3.00 bits per heavy atom. The van der Waals surface area contributed by atoms with E-state index in [0.29, 0.717) is 37.1 Å². The van der Waals surface area contributed by atoms with Crippen molar-refractivity contribution in [2.75, 3.05) is 25.4 Å². The van der Waals surface area contributed by atoms with Crippen LogP contribution in [0.25, 0.3) is 11.4 Å². The van der Waals surface area contributed by atoms with Crippen LogP contribution in [-0.4, -0.2) is 46.3 Å². The molecule has 180 valence electrons. The molecule has 0 spiro atoms. The molecule has 4 rings (SSSR count). The van der Waals surface area contributed by atoms with Crippen molar-refractivity contribution >= 4 is 33.6 Å². The molecule has 0 bridgehead atoms. The van der Waals surface area contributed by atoms with E-state index < -0.39 is 0 Å². The number of carbonyl (C=O) groups excluding carboxylic acids is 1. The summed E-state index contributed by atoms with van der Waals surface area (Å²) in [4.78, 5) is 19.4. The third-order valence-electron chi connectivity index (χ3n) is 5.77. The molecule has 1 saturated heterocycles. The molecular formula is C25H28BrFN4O2S. The molecule has 2 aromatic carbocycles. The Morgan fingerprint density at radius 1 is 1.26 bits per heavy atom. The van der Waals surface area contributed by atoms with Gasteiger partial charge in [-0.05, 0) is 55.3 Å². The second-order valence-corrected chi connectivity index (χ2v) is 10.4. The minimum absolute atomic E-state index is 0.0349. The summed E-state index contributed by atoms with van der Waals surface area (Å²) in [5, 5.41) is 7.17. The van der Waals surface area contributed by atoms with Crippen molar-refractivity contribution in [3.8, 4) is 11.4 Å². The number of carbonyl (C=O) groups is 1. The smallest absolute Gasteiger partial charge is 0.241 e. The highest BCUT2D eigenvalue weighted by molar-refractivity contribution is 9.10. The summed E-state index contributed by atoms with van der Waals surface area (Å²) in [6.45, 7) is 2.77. The number of hydrogen-bond donors (Lipinski definition) is 1. The van der Waals surface area contributed by atoms with Crippen LogP contribution in [0.2, 0.25) is 0 Å². The second kappa shape index (κ2) is 12.5. The van der Waals surface area contributed by atoms with Crippen LogP contribution in [0.15, 0.2) is 57.5 Å². The highest BCUT2D eigenvalue weighted by atomic mass is 79.9. The zero-order chi connectivity index (χ0) is 23.8. The van der Waals surface area contributed by atoms with Crippen molar-refractivity contribution in [2.24, 2.45) is 5.92 Å². The van der Waals surface area contributed by atoms with Crippen LogP contribution in [0.1, 0.15) is 30.7 Å². The highest BCUT2D eigenvalue weighted by Gasteiger charge is 2.26. The van der Waals surface area contributed by atoms with Crippen molar-refractivity contribution in [3.05, 3.63) is 70.3 Å². The van der Waals surface area contributed by atoms with E-state index in [1.807, 2.05) is 36.4 Å². The lowest BCUT2D eigenvalue weighted by Crippen LogP contribution is -2.43. The molecule has 1 amide bonds. The fourth-order valence-corrected chi connectivity index (χ4v) is 5.34. The molecule has 1 N–H and O–H groups in total.